The van der Waals surface area contributed by atoms with Gasteiger partial charge in [-0.2, -0.15) is 4.68 Å². The summed E-state index contributed by atoms with van der Waals surface area (Å²) >= 11 is 4.15. The van der Waals surface area contributed by atoms with Crippen molar-refractivity contribution in [3.8, 4) is 11.4 Å². The topological polar surface area (TPSA) is 81.9 Å². The summed E-state index contributed by atoms with van der Waals surface area (Å²) in [6.07, 6.45) is -0.578. The molecule has 3 rings (SSSR count). The van der Waals surface area contributed by atoms with E-state index in [1.165, 1.54) is 4.68 Å². The summed E-state index contributed by atoms with van der Waals surface area (Å²) in [5.74, 6) is 0.467. The van der Waals surface area contributed by atoms with E-state index in [0.29, 0.717) is 22.3 Å². The van der Waals surface area contributed by atoms with Crippen molar-refractivity contribution in [3.63, 3.8) is 0 Å². The molecule has 0 radical (unpaired) electrons. The van der Waals surface area contributed by atoms with Crippen LogP contribution in [0.25, 0.3) is 5.69 Å². The van der Waals surface area contributed by atoms with Gasteiger partial charge in [-0.15, -0.1) is 17.7 Å². The number of amides is 1. The first-order valence-corrected chi connectivity index (χ1v) is 6.79. The van der Waals surface area contributed by atoms with Crippen LogP contribution in [0.2, 0.25) is 0 Å². The van der Waals surface area contributed by atoms with Crippen molar-refractivity contribution >= 4 is 24.4 Å². The number of hydrogen-bond acceptors (Lipinski definition) is 6. The van der Waals surface area contributed by atoms with Gasteiger partial charge in [0.25, 0.3) is 0 Å². The lowest BCUT2D eigenvalue weighted by atomic mass is 10.3. The van der Waals surface area contributed by atoms with E-state index < -0.39 is 6.09 Å². The zero-order valence-corrected chi connectivity index (χ0v) is 12.1. The number of thiol groups is 1. The fourth-order valence-corrected chi connectivity index (χ4v) is 2.00. The van der Waals surface area contributed by atoms with E-state index >= 15 is 0 Å². The number of carbonyl (C=O) groups is 1. The fourth-order valence-electron chi connectivity index (χ4n) is 1.80. The minimum Gasteiger partial charge on any atom is -0.410 e. The minimum absolute atomic E-state index is 0.351. The number of ether oxygens (including phenoxy) is 1. The molecule has 1 amide bonds. The van der Waals surface area contributed by atoms with Crippen molar-refractivity contribution in [2.24, 2.45) is 0 Å². The van der Waals surface area contributed by atoms with Gasteiger partial charge in [-0.25, -0.2) is 4.79 Å². The average Bonchev–Trinajstić information content (AvgIpc) is 2.94. The molecule has 0 bridgehead atoms. The first kappa shape index (κ1) is 14.1. The fraction of sp³-hybridized carbons (Fsp3) is 0. The van der Waals surface area contributed by atoms with Gasteiger partial charge in [-0.05, 0) is 40.8 Å². The Morgan fingerprint density at radius 2 is 1.95 bits per heavy atom. The summed E-state index contributed by atoms with van der Waals surface area (Å²) in [5.41, 5.74) is 1.23. The van der Waals surface area contributed by atoms with E-state index in [1.807, 2.05) is 6.07 Å². The van der Waals surface area contributed by atoms with Crippen molar-refractivity contribution in [2.75, 3.05) is 5.32 Å². The number of tetrazole rings is 1. The summed E-state index contributed by atoms with van der Waals surface area (Å²) in [5, 5.41) is 14.0. The van der Waals surface area contributed by atoms with Crippen molar-refractivity contribution in [3.05, 3.63) is 54.6 Å². The number of rotatable bonds is 3. The second-order valence-electron chi connectivity index (χ2n) is 4.27. The second kappa shape index (κ2) is 6.27. The van der Waals surface area contributed by atoms with Crippen molar-refractivity contribution in [2.45, 2.75) is 5.16 Å². The van der Waals surface area contributed by atoms with E-state index in [-0.39, 0.29) is 0 Å². The van der Waals surface area contributed by atoms with E-state index in [2.05, 4.69) is 33.5 Å². The normalized spacial score (nSPS) is 10.2. The molecule has 1 N–H and O–H groups in total. The Bertz CT molecular complexity index is 791. The van der Waals surface area contributed by atoms with Crippen LogP contribution in [0.1, 0.15) is 0 Å². The van der Waals surface area contributed by atoms with Gasteiger partial charge in [0.15, 0.2) is 0 Å². The highest BCUT2D eigenvalue weighted by Crippen LogP contribution is 2.17. The summed E-state index contributed by atoms with van der Waals surface area (Å²) in [6, 6.07) is 15.8. The summed E-state index contributed by atoms with van der Waals surface area (Å²) in [7, 11) is 0. The van der Waals surface area contributed by atoms with Gasteiger partial charge in [-0.1, -0.05) is 24.3 Å². The Labute approximate surface area is 131 Å². The third-order valence-corrected chi connectivity index (χ3v) is 3.02. The van der Waals surface area contributed by atoms with Crippen LogP contribution >= 0.6 is 12.6 Å². The van der Waals surface area contributed by atoms with Gasteiger partial charge in [0.05, 0.1) is 5.69 Å². The van der Waals surface area contributed by atoms with Gasteiger partial charge in [0.2, 0.25) is 5.16 Å². The van der Waals surface area contributed by atoms with Crippen LogP contribution in [0.15, 0.2) is 59.8 Å². The predicted octanol–water partition coefficient (Wildman–Crippen LogP) is 2.56. The maximum absolute atomic E-state index is 11.9. The van der Waals surface area contributed by atoms with Crippen molar-refractivity contribution in [1.29, 1.82) is 0 Å². The Hall–Kier alpha value is -2.87. The molecule has 0 atom stereocenters. The first-order chi connectivity index (χ1) is 10.7. The van der Waals surface area contributed by atoms with Gasteiger partial charge in [0, 0.05) is 5.69 Å². The lowest BCUT2D eigenvalue weighted by Crippen LogP contribution is -2.16. The molecule has 0 fully saturated rings. The molecule has 8 heteroatoms. The van der Waals surface area contributed by atoms with Crippen LogP contribution in [0.5, 0.6) is 5.75 Å². The number of aromatic nitrogens is 4. The van der Waals surface area contributed by atoms with Crippen molar-refractivity contribution < 1.29 is 9.53 Å². The van der Waals surface area contributed by atoms with Crippen LogP contribution in [-0.4, -0.2) is 26.3 Å². The monoisotopic (exact) mass is 313 g/mol. The van der Waals surface area contributed by atoms with Crippen molar-refractivity contribution in [1.82, 2.24) is 20.2 Å². The molecule has 7 nitrogen and oxygen atoms in total. The first-order valence-electron chi connectivity index (χ1n) is 6.34. The van der Waals surface area contributed by atoms with Crippen LogP contribution in [0.4, 0.5) is 10.5 Å². The molecule has 110 valence electrons. The number of para-hydroxylation sites is 1. The lowest BCUT2D eigenvalue weighted by molar-refractivity contribution is 0.215. The molecule has 0 saturated carbocycles. The van der Waals surface area contributed by atoms with E-state index in [4.69, 9.17) is 4.74 Å². The molecule has 3 aromatic rings. The number of carbonyl (C=O) groups excluding carboxylic acids is 1. The standard InChI is InChI=1S/C14H11N5O2S/c20-14(21-12-7-2-1-3-8-12)15-10-5-4-6-11(9-10)19-13(22)16-17-18-19/h1-9H,(H,15,20)(H,16,18,22). The molecule has 0 aliphatic heterocycles. The third-order valence-electron chi connectivity index (χ3n) is 2.74. The highest BCUT2D eigenvalue weighted by Gasteiger charge is 2.08. The molecule has 0 aliphatic rings. The SMILES string of the molecule is O=C(Nc1cccc(-n2nnnc2S)c1)Oc1ccccc1. The summed E-state index contributed by atoms with van der Waals surface area (Å²) in [4.78, 5) is 11.9. The van der Waals surface area contributed by atoms with E-state index in [9.17, 15) is 4.79 Å². The summed E-state index contributed by atoms with van der Waals surface area (Å²) in [6.45, 7) is 0. The van der Waals surface area contributed by atoms with Crippen LogP contribution in [-0.2, 0) is 0 Å². The average molecular weight is 313 g/mol. The highest BCUT2D eigenvalue weighted by atomic mass is 32.1. The largest absolute Gasteiger partial charge is 0.417 e. The molecular weight excluding hydrogens is 302 g/mol. The molecule has 0 spiro atoms. The predicted molar refractivity (Wildman–Crippen MR) is 82.5 cm³/mol. The number of benzene rings is 2. The molecule has 0 saturated heterocycles. The lowest BCUT2D eigenvalue weighted by Gasteiger charge is -2.08. The second-order valence-corrected chi connectivity index (χ2v) is 4.67. The van der Waals surface area contributed by atoms with Gasteiger partial charge >= 0.3 is 6.09 Å². The smallest absolute Gasteiger partial charge is 0.410 e. The Kier molecular flexibility index (Phi) is 4.01. The number of nitrogens with one attached hydrogen (secondary N) is 1. The van der Waals surface area contributed by atoms with E-state index in [1.54, 1.807) is 48.5 Å². The van der Waals surface area contributed by atoms with Crippen LogP contribution in [0, 0.1) is 0 Å². The molecule has 2 aromatic carbocycles. The van der Waals surface area contributed by atoms with Crippen LogP contribution < -0.4 is 10.1 Å². The highest BCUT2D eigenvalue weighted by molar-refractivity contribution is 7.80. The van der Waals surface area contributed by atoms with Gasteiger partial charge in [-0.3, -0.25) is 5.32 Å². The van der Waals surface area contributed by atoms with Crippen LogP contribution in [0.3, 0.4) is 0 Å². The maximum atomic E-state index is 11.9. The third kappa shape index (κ3) is 3.23. The minimum atomic E-state index is -0.578. The zero-order valence-electron chi connectivity index (χ0n) is 11.2. The Balaban J connectivity index is 1.73. The maximum Gasteiger partial charge on any atom is 0.417 e. The van der Waals surface area contributed by atoms with Gasteiger partial charge in [0.1, 0.15) is 5.75 Å². The summed E-state index contributed by atoms with van der Waals surface area (Å²) < 4.78 is 6.60. The molecule has 1 heterocycles. The van der Waals surface area contributed by atoms with Gasteiger partial charge < -0.3 is 4.74 Å². The molecule has 0 unspecified atom stereocenters. The molecule has 0 aliphatic carbocycles. The number of anilines is 1. The number of nitrogens with zero attached hydrogens (tertiary/aromatic N) is 4. The Morgan fingerprint density at radius 1 is 1.14 bits per heavy atom. The van der Waals surface area contributed by atoms with E-state index in [0.717, 1.165) is 0 Å². The quantitative estimate of drug-likeness (QED) is 0.726. The number of hydrogen-bond donors (Lipinski definition) is 2. The molecule has 22 heavy (non-hydrogen) atoms. The zero-order chi connectivity index (χ0) is 15.4. The Morgan fingerprint density at radius 3 is 2.68 bits per heavy atom. The molecule has 1 aromatic heterocycles. The molecular formula is C14H11N5O2S.